The molecular formula is C13H17NO4S. The minimum absolute atomic E-state index is 0.0282. The van der Waals surface area contributed by atoms with Crippen LogP contribution in [0.3, 0.4) is 0 Å². The Balaban J connectivity index is 2.46. The molecule has 0 spiro atoms. The molecule has 1 aliphatic rings. The molecule has 104 valence electrons. The standard InChI is InChI=1S/C13H17NO4S/c1-9-5-6-11(8-12(9)13(15)16)19(17,18)14-7-3-4-10(14)2/h5-6,8,10H,3-4,7H2,1-2H3,(H,15,16). The summed E-state index contributed by atoms with van der Waals surface area (Å²) in [5.74, 6) is -1.11. The van der Waals surface area contributed by atoms with Crippen molar-refractivity contribution in [1.82, 2.24) is 4.31 Å². The topological polar surface area (TPSA) is 74.7 Å². The zero-order chi connectivity index (χ0) is 14.2. The average Bonchev–Trinajstić information content (AvgIpc) is 2.76. The van der Waals surface area contributed by atoms with E-state index in [0.29, 0.717) is 12.1 Å². The van der Waals surface area contributed by atoms with Crippen molar-refractivity contribution in [3.8, 4) is 0 Å². The highest BCUT2D eigenvalue weighted by Crippen LogP contribution is 2.26. The fourth-order valence-corrected chi connectivity index (χ4v) is 4.12. The number of benzene rings is 1. The van der Waals surface area contributed by atoms with Crippen molar-refractivity contribution in [2.24, 2.45) is 0 Å². The van der Waals surface area contributed by atoms with Gasteiger partial charge in [0.1, 0.15) is 0 Å². The molecule has 6 heteroatoms. The van der Waals surface area contributed by atoms with E-state index in [9.17, 15) is 13.2 Å². The molecule has 1 aliphatic heterocycles. The van der Waals surface area contributed by atoms with Gasteiger partial charge in [0.25, 0.3) is 0 Å². The smallest absolute Gasteiger partial charge is 0.335 e. The number of carboxylic acids is 1. The second-order valence-corrected chi connectivity index (χ2v) is 6.78. The van der Waals surface area contributed by atoms with E-state index >= 15 is 0 Å². The van der Waals surface area contributed by atoms with E-state index in [1.807, 2.05) is 6.92 Å². The molecule has 2 rings (SSSR count). The van der Waals surface area contributed by atoms with Crippen molar-refractivity contribution in [2.45, 2.75) is 37.6 Å². The minimum atomic E-state index is -3.59. The van der Waals surface area contributed by atoms with Gasteiger partial charge in [-0.3, -0.25) is 0 Å². The summed E-state index contributed by atoms with van der Waals surface area (Å²) in [6, 6.07) is 4.23. The highest BCUT2D eigenvalue weighted by atomic mass is 32.2. The third-order valence-corrected chi connectivity index (χ3v) is 5.55. The number of hydrogen-bond donors (Lipinski definition) is 1. The van der Waals surface area contributed by atoms with Crippen molar-refractivity contribution in [3.63, 3.8) is 0 Å². The van der Waals surface area contributed by atoms with Crippen molar-refractivity contribution in [2.75, 3.05) is 6.54 Å². The second kappa shape index (κ2) is 4.94. The summed E-state index contributed by atoms with van der Waals surface area (Å²) in [4.78, 5) is 11.1. The Hall–Kier alpha value is -1.40. The molecule has 1 N–H and O–H groups in total. The Morgan fingerprint density at radius 2 is 2.11 bits per heavy atom. The minimum Gasteiger partial charge on any atom is -0.478 e. The maximum atomic E-state index is 12.5. The van der Waals surface area contributed by atoms with Crippen LogP contribution in [0.5, 0.6) is 0 Å². The van der Waals surface area contributed by atoms with Crippen molar-refractivity contribution < 1.29 is 18.3 Å². The molecular weight excluding hydrogens is 266 g/mol. The SMILES string of the molecule is Cc1ccc(S(=O)(=O)N2CCCC2C)cc1C(=O)O. The van der Waals surface area contributed by atoms with Crippen LogP contribution in [-0.4, -0.2) is 36.4 Å². The van der Waals surface area contributed by atoms with E-state index < -0.39 is 16.0 Å². The summed E-state index contributed by atoms with van der Waals surface area (Å²) < 4.78 is 26.4. The molecule has 0 saturated carbocycles. The van der Waals surface area contributed by atoms with E-state index in [0.717, 1.165) is 12.8 Å². The fraction of sp³-hybridized carbons (Fsp3) is 0.462. The van der Waals surface area contributed by atoms with Crippen molar-refractivity contribution >= 4 is 16.0 Å². The molecule has 0 radical (unpaired) electrons. The van der Waals surface area contributed by atoms with Gasteiger partial charge in [-0.15, -0.1) is 0 Å². The van der Waals surface area contributed by atoms with Crippen LogP contribution in [0.4, 0.5) is 0 Å². The first-order chi connectivity index (χ1) is 8.84. The van der Waals surface area contributed by atoms with Gasteiger partial charge in [-0.05, 0) is 44.4 Å². The van der Waals surface area contributed by atoms with Gasteiger partial charge in [0.15, 0.2) is 0 Å². The first-order valence-corrected chi connectivity index (χ1v) is 7.64. The molecule has 1 atom stereocenters. The van der Waals surface area contributed by atoms with E-state index in [4.69, 9.17) is 5.11 Å². The van der Waals surface area contributed by atoms with Crippen LogP contribution >= 0.6 is 0 Å². The molecule has 1 unspecified atom stereocenters. The molecule has 19 heavy (non-hydrogen) atoms. The predicted molar refractivity (Wildman–Crippen MR) is 70.7 cm³/mol. The van der Waals surface area contributed by atoms with Gasteiger partial charge >= 0.3 is 5.97 Å². The number of carbonyl (C=O) groups is 1. The molecule has 0 aromatic heterocycles. The monoisotopic (exact) mass is 283 g/mol. The van der Waals surface area contributed by atoms with Crippen LogP contribution in [0, 0.1) is 6.92 Å². The first kappa shape index (κ1) is 14.0. The molecule has 0 amide bonds. The van der Waals surface area contributed by atoms with Crippen LogP contribution in [0.1, 0.15) is 35.7 Å². The predicted octanol–water partition coefficient (Wildman–Crippen LogP) is 1.87. The number of sulfonamides is 1. The summed E-state index contributed by atoms with van der Waals surface area (Å²) in [5.41, 5.74) is 0.592. The van der Waals surface area contributed by atoms with Crippen LogP contribution in [0.2, 0.25) is 0 Å². The number of aryl methyl sites for hydroxylation is 1. The first-order valence-electron chi connectivity index (χ1n) is 6.20. The van der Waals surface area contributed by atoms with Gasteiger partial charge in [-0.25, -0.2) is 13.2 Å². The van der Waals surface area contributed by atoms with Crippen LogP contribution < -0.4 is 0 Å². The number of nitrogens with zero attached hydrogens (tertiary/aromatic N) is 1. The highest BCUT2D eigenvalue weighted by molar-refractivity contribution is 7.89. The molecule has 0 aliphatic carbocycles. The van der Waals surface area contributed by atoms with E-state index in [1.54, 1.807) is 6.92 Å². The Morgan fingerprint density at radius 3 is 2.63 bits per heavy atom. The fourth-order valence-electron chi connectivity index (χ4n) is 2.39. The lowest BCUT2D eigenvalue weighted by Crippen LogP contribution is -2.33. The Labute approximate surface area is 112 Å². The maximum Gasteiger partial charge on any atom is 0.335 e. The zero-order valence-corrected chi connectivity index (χ0v) is 11.8. The maximum absolute atomic E-state index is 12.5. The summed E-state index contributed by atoms with van der Waals surface area (Å²) in [6.45, 7) is 4.02. The summed E-state index contributed by atoms with van der Waals surface area (Å²) in [5, 5.41) is 9.06. The number of aromatic carboxylic acids is 1. The van der Waals surface area contributed by atoms with Crippen molar-refractivity contribution in [1.29, 1.82) is 0 Å². The van der Waals surface area contributed by atoms with Crippen LogP contribution in [0.25, 0.3) is 0 Å². The summed E-state index contributed by atoms with van der Waals surface area (Å²) in [7, 11) is -3.59. The van der Waals surface area contributed by atoms with E-state index in [2.05, 4.69) is 0 Å². The number of rotatable bonds is 3. The number of hydrogen-bond acceptors (Lipinski definition) is 3. The van der Waals surface area contributed by atoms with Crippen LogP contribution in [0.15, 0.2) is 23.1 Å². The largest absolute Gasteiger partial charge is 0.478 e. The van der Waals surface area contributed by atoms with Crippen molar-refractivity contribution in [3.05, 3.63) is 29.3 Å². The summed E-state index contributed by atoms with van der Waals surface area (Å²) in [6.07, 6.45) is 1.69. The van der Waals surface area contributed by atoms with Gasteiger partial charge in [-0.2, -0.15) is 4.31 Å². The quantitative estimate of drug-likeness (QED) is 0.919. The molecule has 1 aromatic rings. The Bertz CT molecular complexity index is 609. The third kappa shape index (κ3) is 2.50. The Kier molecular flexibility index (Phi) is 3.64. The lowest BCUT2D eigenvalue weighted by atomic mass is 10.1. The molecule has 1 fully saturated rings. The molecule has 1 aromatic carbocycles. The second-order valence-electron chi connectivity index (χ2n) is 4.89. The van der Waals surface area contributed by atoms with Gasteiger partial charge in [-0.1, -0.05) is 6.07 Å². The lowest BCUT2D eigenvalue weighted by Gasteiger charge is -2.21. The molecule has 1 heterocycles. The summed E-state index contributed by atoms with van der Waals surface area (Å²) >= 11 is 0. The third-order valence-electron chi connectivity index (χ3n) is 3.54. The van der Waals surface area contributed by atoms with Gasteiger partial charge in [0.2, 0.25) is 10.0 Å². The normalized spacial score (nSPS) is 20.6. The van der Waals surface area contributed by atoms with Gasteiger partial charge in [0, 0.05) is 12.6 Å². The lowest BCUT2D eigenvalue weighted by molar-refractivity contribution is 0.0696. The van der Waals surface area contributed by atoms with Crippen LogP contribution in [-0.2, 0) is 10.0 Å². The Morgan fingerprint density at radius 1 is 1.42 bits per heavy atom. The highest BCUT2D eigenvalue weighted by Gasteiger charge is 2.33. The van der Waals surface area contributed by atoms with E-state index in [1.165, 1.54) is 22.5 Å². The molecule has 1 saturated heterocycles. The molecule has 0 bridgehead atoms. The zero-order valence-electron chi connectivity index (χ0n) is 11.0. The average molecular weight is 283 g/mol. The van der Waals surface area contributed by atoms with Gasteiger partial charge in [0.05, 0.1) is 10.5 Å². The van der Waals surface area contributed by atoms with E-state index in [-0.39, 0.29) is 16.5 Å². The molecule has 5 nitrogen and oxygen atoms in total. The number of carboxylic acid groups (broad SMARTS) is 1. The van der Waals surface area contributed by atoms with Gasteiger partial charge < -0.3 is 5.11 Å².